The van der Waals surface area contributed by atoms with Crippen LogP contribution in [0.1, 0.15) is 81.5 Å². The van der Waals surface area contributed by atoms with E-state index in [1.54, 1.807) is 0 Å². The van der Waals surface area contributed by atoms with E-state index in [0.717, 1.165) is 60.9 Å². The third-order valence-electron chi connectivity index (χ3n) is 6.35. The van der Waals surface area contributed by atoms with Crippen LogP contribution in [0.25, 0.3) is 11.0 Å². The molecular formula is C24H34N4O3. The third kappa shape index (κ3) is 4.70. The van der Waals surface area contributed by atoms with Gasteiger partial charge in [0.15, 0.2) is 0 Å². The van der Waals surface area contributed by atoms with Crippen LogP contribution in [0, 0.1) is 12.3 Å². The van der Waals surface area contributed by atoms with Gasteiger partial charge in [-0.2, -0.15) is 0 Å². The maximum Gasteiger partial charge on any atom is 0.407 e. The van der Waals surface area contributed by atoms with E-state index in [0.29, 0.717) is 5.56 Å². The molecule has 0 bridgehead atoms. The van der Waals surface area contributed by atoms with Crippen LogP contribution in [0.3, 0.4) is 0 Å². The van der Waals surface area contributed by atoms with E-state index in [9.17, 15) is 9.59 Å². The second kappa shape index (κ2) is 7.84. The predicted octanol–water partition coefficient (Wildman–Crippen LogP) is 4.39. The van der Waals surface area contributed by atoms with Gasteiger partial charge in [0.05, 0.1) is 11.0 Å². The molecule has 2 aliphatic rings. The van der Waals surface area contributed by atoms with Crippen molar-refractivity contribution < 1.29 is 14.3 Å². The van der Waals surface area contributed by atoms with Gasteiger partial charge >= 0.3 is 6.09 Å². The Hall–Kier alpha value is -2.57. The van der Waals surface area contributed by atoms with Gasteiger partial charge in [-0.25, -0.2) is 9.78 Å². The van der Waals surface area contributed by atoms with Crippen LogP contribution in [-0.2, 0) is 11.2 Å². The summed E-state index contributed by atoms with van der Waals surface area (Å²) in [4.78, 5) is 32.7. The highest BCUT2D eigenvalue weighted by atomic mass is 16.6. The van der Waals surface area contributed by atoms with Gasteiger partial charge in [0.2, 0.25) is 0 Å². The minimum Gasteiger partial charge on any atom is -0.444 e. The third-order valence-corrected chi connectivity index (χ3v) is 6.35. The molecule has 2 aliphatic carbocycles. The number of amides is 2. The summed E-state index contributed by atoms with van der Waals surface area (Å²) in [6, 6.07) is 4.20. The van der Waals surface area contributed by atoms with Crippen LogP contribution < -0.4 is 10.6 Å². The molecule has 1 aromatic carbocycles. The van der Waals surface area contributed by atoms with Crippen molar-refractivity contribution in [3.05, 3.63) is 29.1 Å². The van der Waals surface area contributed by atoms with Crippen molar-refractivity contribution in [2.45, 2.75) is 90.8 Å². The standard InChI is InChI=1S/C24H34N4O3/c1-6-7-19-27-18-9-15(8-14(2)20(18)28-19)21(29)25-16-10-24(11-16)12-17(13-24)26-22(30)31-23(3,4)5/h8-9,16-17H,6-7,10-13H2,1-5H3,(H,25,29)(H,26,30)(H,27,28). The van der Waals surface area contributed by atoms with Gasteiger partial charge in [0, 0.05) is 24.1 Å². The fraction of sp³-hybridized carbons (Fsp3) is 0.625. The zero-order valence-electron chi connectivity index (χ0n) is 19.2. The van der Waals surface area contributed by atoms with Gasteiger partial charge in [-0.1, -0.05) is 6.92 Å². The Bertz CT molecular complexity index is 990. The number of fused-ring (bicyclic) bond motifs is 1. The van der Waals surface area contributed by atoms with Crippen molar-refractivity contribution in [2.75, 3.05) is 0 Å². The molecule has 1 aromatic heterocycles. The normalized spacial score (nSPS) is 25.1. The van der Waals surface area contributed by atoms with E-state index in [4.69, 9.17) is 4.74 Å². The summed E-state index contributed by atoms with van der Waals surface area (Å²) in [6.45, 7) is 9.72. The summed E-state index contributed by atoms with van der Waals surface area (Å²) in [5.41, 5.74) is 3.34. The van der Waals surface area contributed by atoms with Crippen LogP contribution in [-0.4, -0.2) is 39.7 Å². The van der Waals surface area contributed by atoms with E-state index in [1.165, 1.54) is 0 Å². The molecule has 31 heavy (non-hydrogen) atoms. The maximum atomic E-state index is 12.8. The van der Waals surface area contributed by atoms with Crippen molar-refractivity contribution in [1.29, 1.82) is 0 Å². The van der Waals surface area contributed by atoms with Crippen LogP contribution in [0.5, 0.6) is 0 Å². The number of imidazole rings is 1. The Morgan fingerprint density at radius 3 is 2.42 bits per heavy atom. The number of benzene rings is 1. The SMILES string of the molecule is CCCc1nc2c(C)cc(C(=O)NC3CC4(CC(NC(=O)OC(C)(C)C)C4)C3)cc2[nH]1. The first kappa shape index (κ1) is 21.7. The topological polar surface area (TPSA) is 96.1 Å². The summed E-state index contributed by atoms with van der Waals surface area (Å²) in [5.74, 6) is 0.942. The Morgan fingerprint density at radius 1 is 1.16 bits per heavy atom. The molecule has 0 saturated heterocycles. The Labute approximate surface area is 183 Å². The minimum absolute atomic E-state index is 0.0285. The highest BCUT2D eigenvalue weighted by Crippen LogP contribution is 2.56. The highest BCUT2D eigenvalue weighted by Gasteiger charge is 2.53. The molecule has 1 heterocycles. The molecule has 2 amide bonds. The molecule has 1 spiro atoms. The number of H-pyrrole nitrogens is 1. The number of aryl methyl sites for hydroxylation is 2. The van der Waals surface area contributed by atoms with Crippen molar-refractivity contribution in [3.63, 3.8) is 0 Å². The predicted molar refractivity (Wildman–Crippen MR) is 120 cm³/mol. The van der Waals surface area contributed by atoms with E-state index in [-0.39, 0.29) is 29.5 Å². The number of alkyl carbamates (subject to hydrolysis) is 1. The number of hydrogen-bond acceptors (Lipinski definition) is 4. The number of ether oxygens (including phenoxy) is 1. The van der Waals surface area contributed by atoms with Crippen molar-refractivity contribution in [3.8, 4) is 0 Å². The average Bonchev–Trinajstić information content (AvgIpc) is 2.99. The largest absolute Gasteiger partial charge is 0.444 e. The van der Waals surface area contributed by atoms with Gasteiger partial charge in [-0.05, 0) is 82.9 Å². The Balaban J connectivity index is 1.27. The van der Waals surface area contributed by atoms with E-state index >= 15 is 0 Å². The lowest BCUT2D eigenvalue weighted by Crippen LogP contribution is -2.61. The molecule has 168 valence electrons. The molecule has 0 unspecified atom stereocenters. The molecule has 0 aliphatic heterocycles. The molecule has 0 radical (unpaired) electrons. The second-order valence-electron chi connectivity index (χ2n) is 10.5. The number of carbonyl (C=O) groups excluding carboxylic acids is 2. The smallest absolute Gasteiger partial charge is 0.407 e. The van der Waals surface area contributed by atoms with Crippen molar-refractivity contribution in [2.24, 2.45) is 5.41 Å². The summed E-state index contributed by atoms with van der Waals surface area (Å²) < 4.78 is 5.33. The zero-order chi connectivity index (χ0) is 22.4. The molecule has 0 atom stereocenters. The summed E-state index contributed by atoms with van der Waals surface area (Å²) in [7, 11) is 0. The number of nitrogens with one attached hydrogen (secondary N) is 3. The first-order valence-electron chi connectivity index (χ1n) is 11.4. The number of aromatic amines is 1. The molecule has 2 aromatic rings. The fourth-order valence-electron chi connectivity index (χ4n) is 5.08. The Kier molecular flexibility index (Phi) is 5.48. The first-order valence-corrected chi connectivity index (χ1v) is 11.4. The van der Waals surface area contributed by atoms with Crippen molar-refractivity contribution in [1.82, 2.24) is 20.6 Å². The number of rotatable bonds is 5. The fourth-order valence-corrected chi connectivity index (χ4v) is 5.08. The number of hydrogen-bond donors (Lipinski definition) is 3. The Morgan fingerprint density at radius 2 is 1.81 bits per heavy atom. The summed E-state index contributed by atoms with van der Waals surface area (Å²) in [5, 5.41) is 6.14. The monoisotopic (exact) mass is 426 g/mol. The zero-order valence-corrected chi connectivity index (χ0v) is 19.2. The van der Waals surface area contributed by atoms with E-state index in [2.05, 4.69) is 27.5 Å². The number of carbonyl (C=O) groups is 2. The molecule has 2 saturated carbocycles. The van der Waals surface area contributed by atoms with Gasteiger partial charge < -0.3 is 20.4 Å². The van der Waals surface area contributed by atoms with E-state index < -0.39 is 5.60 Å². The van der Waals surface area contributed by atoms with Gasteiger partial charge in [-0.3, -0.25) is 4.79 Å². The summed E-state index contributed by atoms with van der Waals surface area (Å²) >= 11 is 0. The van der Waals surface area contributed by atoms with Gasteiger partial charge in [-0.15, -0.1) is 0 Å². The van der Waals surface area contributed by atoms with Crippen LogP contribution >= 0.6 is 0 Å². The lowest BCUT2D eigenvalue weighted by molar-refractivity contribution is -0.0307. The lowest BCUT2D eigenvalue weighted by Gasteiger charge is -2.57. The van der Waals surface area contributed by atoms with Crippen LogP contribution in [0.15, 0.2) is 12.1 Å². The van der Waals surface area contributed by atoms with Crippen LogP contribution in [0.2, 0.25) is 0 Å². The number of nitrogens with zero attached hydrogens (tertiary/aromatic N) is 1. The lowest BCUT2D eigenvalue weighted by atomic mass is 9.52. The quantitative estimate of drug-likeness (QED) is 0.661. The van der Waals surface area contributed by atoms with Crippen LogP contribution in [0.4, 0.5) is 4.79 Å². The molecular weight excluding hydrogens is 392 g/mol. The second-order valence-corrected chi connectivity index (χ2v) is 10.5. The van der Waals surface area contributed by atoms with Gasteiger partial charge in [0.25, 0.3) is 5.91 Å². The molecule has 7 heteroatoms. The number of aromatic nitrogens is 2. The minimum atomic E-state index is -0.480. The first-order chi connectivity index (χ1) is 14.6. The molecule has 4 rings (SSSR count). The molecule has 2 fully saturated rings. The maximum absolute atomic E-state index is 12.8. The van der Waals surface area contributed by atoms with Crippen molar-refractivity contribution >= 4 is 23.0 Å². The molecule has 7 nitrogen and oxygen atoms in total. The summed E-state index contributed by atoms with van der Waals surface area (Å²) in [6.07, 6.45) is 5.45. The average molecular weight is 427 g/mol. The highest BCUT2D eigenvalue weighted by molar-refractivity contribution is 5.98. The van der Waals surface area contributed by atoms with Gasteiger partial charge in [0.1, 0.15) is 11.4 Å². The molecule has 3 N–H and O–H groups in total. The van der Waals surface area contributed by atoms with E-state index in [1.807, 2.05) is 39.8 Å².